The molecule has 0 amide bonds. The van der Waals surface area contributed by atoms with E-state index in [1.165, 1.54) is 17.8 Å². The summed E-state index contributed by atoms with van der Waals surface area (Å²) in [5.74, 6) is -0.139. The van der Waals surface area contributed by atoms with Crippen molar-refractivity contribution >= 4 is 0 Å². The van der Waals surface area contributed by atoms with E-state index in [1.54, 1.807) is 12.4 Å². The van der Waals surface area contributed by atoms with E-state index in [0.717, 1.165) is 38.5 Å². The summed E-state index contributed by atoms with van der Waals surface area (Å²) in [4.78, 5) is 10.1. The first-order chi connectivity index (χ1) is 12.0. The van der Waals surface area contributed by atoms with Crippen molar-refractivity contribution in [3.8, 4) is 5.88 Å². The van der Waals surface area contributed by atoms with Gasteiger partial charge in [-0.15, -0.1) is 0 Å². The lowest BCUT2D eigenvalue weighted by Crippen LogP contribution is -2.37. The van der Waals surface area contributed by atoms with E-state index >= 15 is 0 Å². The van der Waals surface area contributed by atoms with Crippen molar-refractivity contribution in [3.63, 3.8) is 0 Å². The predicted octanol–water partition coefficient (Wildman–Crippen LogP) is 3.79. The minimum Gasteiger partial charge on any atom is -0.477 e. The second-order valence-electron chi connectivity index (χ2n) is 6.26. The fraction of sp³-hybridized carbons (Fsp3) is 0.444. The Bertz CT molecular complexity index is 679. The minimum atomic E-state index is -4.45. The van der Waals surface area contributed by atoms with Crippen LogP contribution in [0.25, 0.3) is 0 Å². The van der Waals surface area contributed by atoms with Crippen LogP contribution in [0.1, 0.15) is 24.0 Å². The molecule has 1 aliphatic heterocycles. The van der Waals surface area contributed by atoms with Crippen molar-refractivity contribution in [2.75, 3.05) is 19.7 Å². The van der Waals surface area contributed by atoms with E-state index in [2.05, 4.69) is 14.9 Å². The zero-order valence-corrected chi connectivity index (χ0v) is 13.7. The number of piperidine rings is 1. The maximum Gasteiger partial charge on any atom is 0.421 e. The Morgan fingerprint density at radius 1 is 1.16 bits per heavy atom. The Morgan fingerprint density at radius 2 is 1.96 bits per heavy atom. The Balaban J connectivity index is 1.57. The molecule has 0 radical (unpaired) electrons. The lowest BCUT2D eigenvalue weighted by Gasteiger charge is -2.32. The second-order valence-corrected chi connectivity index (χ2v) is 6.26. The SMILES string of the molecule is FC(F)(F)c1cccnc1OCC1CCCN(Cc2ccncc2)C1. The number of nitrogens with zero attached hydrogens (tertiary/aromatic N) is 3. The number of hydrogen-bond acceptors (Lipinski definition) is 4. The molecule has 2 aromatic heterocycles. The van der Waals surface area contributed by atoms with Crippen molar-refractivity contribution in [3.05, 3.63) is 54.0 Å². The molecule has 134 valence electrons. The van der Waals surface area contributed by atoms with Gasteiger partial charge >= 0.3 is 6.18 Å². The zero-order valence-electron chi connectivity index (χ0n) is 13.7. The first kappa shape index (κ1) is 17.7. The lowest BCUT2D eigenvalue weighted by molar-refractivity contribution is -0.139. The topological polar surface area (TPSA) is 38.2 Å². The van der Waals surface area contributed by atoms with E-state index in [-0.39, 0.29) is 18.4 Å². The Morgan fingerprint density at radius 3 is 2.72 bits per heavy atom. The normalized spacial score (nSPS) is 18.9. The molecule has 0 aromatic carbocycles. The van der Waals surface area contributed by atoms with Crippen LogP contribution in [0, 0.1) is 5.92 Å². The van der Waals surface area contributed by atoms with Gasteiger partial charge in [-0.05, 0) is 49.2 Å². The largest absolute Gasteiger partial charge is 0.477 e. The van der Waals surface area contributed by atoms with Gasteiger partial charge in [0.05, 0.1) is 6.61 Å². The molecule has 3 rings (SSSR count). The molecule has 3 heterocycles. The molecule has 2 aromatic rings. The van der Waals surface area contributed by atoms with Crippen LogP contribution in [0.4, 0.5) is 13.2 Å². The van der Waals surface area contributed by atoms with Crippen LogP contribution >= 0.6 is 0 Å². The fourth-order valence-electron chi connectivity index (χ4n) is 3.10. The van der Waals surface area contributed by atoms with Crippen molar-refractivity contribution < 1.29 is 17.9 Å². The van der Waals surface area contributed by atoms with Crippen molar-refractivity contribution in [2.24, 2.45) is 5.92 Å². The molecular weight excluding hydrogens is 331 g/mol. The third kappa shape index (κ3) is 4.92. The summed E-state index contributed by atoms with van der Waals surface area (Å²) in [5, 5.41) is 0. The van der Waals surface area contributed by atoms with Crippen LogP contribution in [-0.2, 0) is 12.7 Å². The summed E-state index contributed by atoms with van der Waals surface area (Å²) in [6.45, 7) is 2.84. The van der Waals surface area contributed by atoms with E-state index in [4.69, 9.17) is 4.74 Å². The van der Waals surface area contributed by atoms with Gasteiger partial charge in [0.2, 0.25) is 5.88 Å². The van der Waals surface area contributed by atoms with Crippen molar-refractivity contribution in [2.45, 2.75) is 25.6 Å². The van der Waals surface area contributed by atoms with Crippen molar-refractivity contribution in [1.29, 1.82) is 0 Å². The Hall–Kier alpha value is -2.15. The summed E-state index contributed by atoms with van der Waals surface area (Å²) >= 11 is 0. The average Bonchev–Trinajstić information content (AvgIpc) is 2.61. The molecule has 1 fully saturated rings. The number of aromatic nitrogens is 2. The maximum absolute atomic E-state index is 13.0. The van der Waals surface area contributed by atoms with Gasteiger partial charge in [0, 0.05) is 37.6 Å². The highest BCUT2D eigenvalue weighted by atomic mass is 19.4. The predicted molar refractivity (Wildman–Crippen MR) is 87.0 cm³/mol. The fourth-order valence-corrected chi connectivity index (χ4v) is 3.10. The molecule has 1 atom stereocenters. The maximum atomic E-state index is 13.0. The molecule has 0 saturated carbocycles. The van der Waals surface area contributed by atoms with Gasteiger partial charge in [0.25, 0.3) is 0 Å². The summed E-state index contributed by atoms with van der Waals surface area (Å²) < 4.78 is 44.4. The molecule has 7 heteroatoms. The number of hydrogen-bond donors (Lipinski definition) is 0. The Kier molecular flexibility index (Phi) is 5.53. The van der Waals surface area contributed by atoms with Crippen LogP contribution in [0.15, 0.2) is 42.9 Å². The summed E-state index contributed by atoms with van der Waals surface area (Å²) in [6, 6.07) is 6.22. The number of alkyl halides is 3. The van der Waals surface area contributed by atoms with E-state index in [0.29, 0.717) is 0 Å². The molecule has 0 N–H and O–H groups in total. The van der Waals surface area contributed by atoms with Gasteiger partial charge in [-0.2, -0.15) is 13.2 Å². The highest BCUT2D eigenvalue weighted by Gasteiger charge is 2.35. The summed E-state index contributed by atoms with van der Waals surface area (Å²) in [5.41, 5.74) is 0.361. The van der Waals surface area contributed by atoms with Gasteiger partial charge in [-0.25, -0.2) is 4.98 Å². The molecule has 4 nitrogen and oxygen atoms in total. The molecule has 1 unspecified atom stereocenters. The third-order valence-corrected chi connectivity index (χ3v) is 4.29. The quantitative estimate of drug-likeness (QED) is 0.822. The van der Waals surface area contributed by atoms with Crippen LogP contribution in [0.3, 0.4) is 0 Å². The number of ether oxygens (including phenoxy) is 1. The molecule has 1 saturated heterocycles. The van der Waals surface area contributed by atoms with E-state index in [1.807, 2.05) is 12.1 Å². The zero-order chi connectivity index (χ0) is 17.7. The van der Waals surface area contributed by atoms with E-state index < -0.39 is 11.7 Å². The molecule has 0 spiro atoms. The molecule has 0 bridgehead atoms. The molecule has 25 heavy (non-hydrogen) atoms. The summed E-state index contributed by atoms with van der Waals surface area (Å²) in [6.07, 6.45) is 2.35. The molecule has 1 aliphatic rings. The van der Waals surface area contributed by atoms with Gasteiger partial charge in [-0.1, -0.05) is 0 Å². The highest BCUT2D eigenvalue weighted by Crippen LogP contribution is 2.35. The van der Waals surface area contributed by atoms with Gasteiger partial charge in [-0.3, -0.25) is 9.88 Å². The number of rotatable bonds is 5. The van der Waals surface area contributed by atoms with Crippen LogP contribution in [0.5, 0.6) is 5.88 Å². The first-order valence-electron chi connectivity index (χ1n) is 8.28. The lowest BCUT2D eigenvalue weighted by atomic mass is 9.98. The third-order valence-electron chi connectivity index (χ3n) is 4.29. The number of likely N-dealkylation sites (tertiary alicyclic amines) is 1. The minimum absolute atomic E-state index is 0.193. The number of pyridine rings is 2. The van der Waals surface area contributed by atoms with E-state index in [9.17, 15) is 13.2 Å². The summed E-state index contributed by atoms with van der Waals surface area (Å²) in [7, 11) is 0. The first-order valence-corrected chi connectivity index (χ1v) is 8.28. The monoisotopic (exact) mass is 351 g/mol. The highest BCUT2D eigenvalue weighted by molar-refractivity contribution is 5.28. The average molecular weight is 351 g/mol. The second kappa shape index (κ2) is 7.82. The Labute approximate surface area is 144 Å². The molecular formula is C18H20F3N3O. The number of halogens is 3. The van der Waals surface area contributed by atoms with Crippen LogP contribution in [-0.4, -0.2) is 34.6 Å². The van der Waals surface area contributed by atoms with Crippen LogP contribution < -0.4 is 4.74 Å². The smallest absolute Gasteiger partial charge is 0.421 e. The van der Waals surface area contributed by atoms with Gasteiger partial charge in [0.1, 0.15) is 5.56 Å². The molecule has 0 aliphatic carbocycles. The van der Waals surface area contributed by atoms with Crippen molar-refractivity contribution in [1.82, 2.24) is 14.9 Å². The standard InChI is InChI=1S/C18H20F3N3O/c19-18(20,21)16-4-1-7-23-17(16)25-13-15-3-2-10-24(12-15)11-14-5-8-22-9-6-14/h1,4-9,15H,2-3,10-13H2. The van der Waals surface area contributed by atoms with Gasteiger partial charge < -0.3 is 4.74 Å². The van der Waals surface area contributed by atoms with Crippen LogP contribution in [0.2, 0.25) is 0 Å². The van der Waals surface area contributed by atoms with Gasteiger partial charge in [0.15, 0.2) is 0 Å².